The summed E-state index contributed by atoms with van der Waals surface area (Å²) in [7, 11) is 0. The first-order valence-corrected chi connectivity index (χ1v) is 5.70. The van der Waals surface area contributed by atoms with Gasteiger partial charge in [0.2, 0.25) is 5.91 Å². The molecule has 1 fully saturated rings. The Labute approximate surface area is 107 Å². The number of hydrogen-bond acceptors (Lipinski definition) is 3. The van der Waals surface area contributed by atoms with Gasteiger partial charge in [0.1, 0.15) is 23.4 Å². The summed E-state index contributed by atoms with van der Waals surface area (Å²) in [5.41, 5.74) is 4.31. The van der Waals surface area contributed by atoms with Crippen LogP contribution in [0.5, 0.6) is 0 Å². The highest BCUT2D eigenvalue weighted by Crippen LogP contribution is 2.31. The standard InChI is InChI=1S/C12H12F2N2O3/c13-7-4-6(12(18)19)5-8(14)10(7)16-3-1-2-9(16)11(15)17/h4-5,9H,1-3H2,(H2,15,17)(H,18,19). The van der Waals surface area contributed by atoms with Crippen LogP contribution >= 0.6 is 0 Å². The molecule has 5 nitrogen and oxygen atoms in total. The SMILES string of the molecule is NC(=O)C1CCCN1c1c(F)cc(C(=O)O)cc1F. The average Bonchev–Trinajstić information content (AvgIpc) is 2.76. The molecule has 19 heavy (non-hydrogen) atoms. The van der Waals surface area contributed by atoms with Crippen molar-refractivity contribution < 1.29 is 23.5 Å². The summed E-state index contributed by atoms with van der Waals surface area (Å²) in [4.78, 5) is 23.2. The van der Waals surface area contributed by atoms with Gasteiger partial charge in [0.15, 0.2) is 0 Å². The molecule has 1 heterocycles. The highest BCUT2D eigenvalue weighted by Gasteiger charge is 2.33. The van der Waals surface area contributed by atoms with Gasteiger partial charge in [-0.1, -0.05) is 0 Å². The smallest absolute Gasteiger partial charge is 0.335 e. The van der Waals surface area contributed by atoms with Crippen LogP contribution in [-0.2, 0) is 4.79 Å². The van der Waals surface area contributed by atoms with Crippen molar-refractivity contribution in [1.82, 2.24) is 0 Å². The normalized spacial score (nSPS) is 18.6. The molecule has 0 saturated carbocycles. The number of nitrogens with two attached hydrogens (primary N) is 1. The van der Waals surface area contributed by atoms with Gasteiger partial charge in [-0.2, -0.15) is 0 Å². The fourth-order valence-corrected chi connectivity index (χ4v) is 2.29. The molecule has 102 valence electrons. The lowest BCUT2D eigenvalue weighted by atomic mass is 10.1. The summed E-state index contributed by atoms with van der Waals surface area (Å²) in [5.74, 6) is -4.09. The number of carbonyl (C=O) groups is 2. The van der Waals surface area contributed by atoms with Crippen LogP contribution in [-0.4, -0.2) is 29.6 Å². The minimum Gasteiger partial charge on any atom is -0.478 e. The first-order valence-electron chi connectivity index (χ1n) is 5.70. The van der Waals surface area contributed by atoms with Crippen LogP contribution in [0.25, 0.3) is 0 Å². The first-order chi connectivity index (χ1) is 8.91. The van der Waals surface area contributed by atoms with E-state index >= 15 is 0 Å². The lowest BCUT2D eigenvalue weighted by molar-refractivity contribution is -0.119. The number of carbonyl (C=O) groups excluding carboxylic acids is 1. The van der Waals surface area contributed by atoms with Crippen LogP contribution in [0.4, 0.5) is 14.5 Å². The van der Waals surface area contributed by atoms with Gasteiger partial charge < -0.3 is 15.7 Å². The predicted molar refractivity (Wildman–Crippen MR) is 62.9 cm³/mol. The minimum atomic E-state index is -1.42. The van der Waals surface area contributed by atoms with Crippen molar-refractivity contribution in [2.24, 2.45) is 5.73 Å². The zero-order chi connectivity index (χ0) is 14.2. The molecule has 1 unspecified atom stereocenters. The van der Waals surface area contributed by atoms with Gasteiger partial charge in [-0.3, -0.25) is 4.79 Å². The summed E-state index contributed by atoms with van der Waals surface area (Å²) in [5, 5.41) is 8.71. The van der Waals surface area contributed by atoms with Crippen molar-refractivity contribution in [3.05, 3.63) is 29.3 Å². The summed E-state index contributed by atoms with van der Waals surface area (Å²) < 4.78 is 27.7. The second-order valence-electron chi connectivity index (χ2n) is 4.35. The summed E-state index contributed by atoms with van der Waals surface area (Å²) in [6.07, 6.45) is 1.02. The summed E-state index contributed by atoms with van der Waals surface area (Å²) in [6.45, 7) is 0.299. The fraction of sp³-hybridized carbons (Fsp3) is 0.333. The van der Waals surface area contributed by atoms with Gasteiger partial charge in [0.25, 0.3) is 0 Å². The highest BCUT2D eigenvalue weighted by atomic mass is 19.1. The van der Waals surface area contributed by atoms with E-state index in [0.29, 0.717) is 19.4 Å². The lowest BCUT2D eigenvalue weighted by Gasteiger charge is -2.25. The van der Waals surface area contributed by atoms with E-state index in [9.17, 15) is 18.4 Å². The number of nitrogens with zero attached hydrogens (tertiary/aromatic N) is 1. The summed E-state index contributed by atoms with van der Waals surface area (Å²) in [6, 6.07) is 0.702. The average molecular weight is 270 g/mol. The van der Waals surface area contributed by atoms with Gasteiger partial charge >= 0.3 is 5.97 Å². The molecule has 7 heteroatoms. The number of carboxylic acids is 1. The molecule has 1 aromatic rings. The molecule has 0 radical (unpaired) electrons. The maximum Gasteiger partial charge on any atom is 0.335 e. The van der Waals surface area contributed by atoms with Crippen LogP contribution in [0.15, 0.2) is 12.1 Å². The van der Waals surface area contributed by atoms with Crippen LogP contribution in [0.1, 0.15) is 23.2 Å². The Morgan fingerprint density at radius 3 is 2.37 bits per heavy atom. The van der Waals surface area contributed by atoms with Gasteiger partial charge in [-0.05, 0) is 25.0 Å². The quantitative estimate of drug-likeness (QED) is 0.862. The molecule has 2 rings (SSSR count). The molecular weight excluding hydrogens is 258 g/mol. The maximum atomic E-state index is 13.9. The zero-order valence-electron chi connectivity index (χ0n) is 9.90. The highest BCUT2D eigenvalue weighted by molar-refractivity contribution is 5.89. The van der Waals surface area contributed by atoms with Crippen molar-refractivity contribution in [3.63, 3.8) is 0 Å². The third-order valence-corrected chi connectivity index (χ3v) is 3.13. The molecule has 1 amide bonds. The third kappa shape index (κ3) is 2.35. The Bertz CT molecular complexity index is 525. The van der Waals surface area contributed by atoms with E-state index in [1.54, 1.807) is 0 Å². The Morgan fingerprint density at radius 2 is 1.89 bits per heavy atom. The lowest BCUT2D eigenvalue weighted by Crippen LogP contribution is -2.41. The number of rotatable bonds is 3. The Hall–Kier alpha value is -2.18. The molecule has 1 aromatic carbocycles. The number of primary amides is 1. The third-order valence-electron chi connectivity index (χ3n) is 3.13. The van der Waals surface area contributed by atoms with Crippen molar-refractivity contribution in [2.45, 2.75) is 18.9 Å². The van der Waals surface area contributed by atoms with E-state index in [0.717, 1.165) is 12.1 Å². The fourth-order valence-electron chi connectivity index (χ4n) is 2.29. The van der Waals surface area contributed by atoms with Crippen molar-refractivity contribution in [1.29, 1.82) is 0 Å². The number of benzene rings is 1. The number of anilines is 1. The van der Waals surface area contributed by atoms with Crippen molar-refractivity contribution in [3.8, 4) is 0 Å². The van der Waals surface area contributed by atoms with Crippen molar-refractivity contribution >= 4 is 17.6 Å². The Morgan fingerprint density at radius 1 is 1.32 bits per heavy atom. The van der Waals surface area contributed by atoms with E-state index in [-0.39, 0.29) is 0 Å². The molecule has 3 N–H and O–H groups in total. The second-order valence-corrected chi connectivity index (χ2v) is 4.35. The topological polar surface area (TPSA) is 83.6 Å². The van der Waals surface area contributed by atoms with Crippen LogP contribution in [0.2, 0.25) is 0 Å². The minimum absolute atomic E-state index is 0.299. The van der Waals surface area contributed by atoms with Crippen LogP contribution in [0.3, 0.4) is 0 Å². The molecule has 1 aliphatic rings. The molecule has 0 aromatic heterocycles. The van der Waals surface area contributed by atoms with Gasteiger partial charge in [0.05, 0.1) is 5.56 Å². The van der Waals surface area contributed by atoms with Crippen molar-refractivity contribution in [2.75, 3.05) is 11.4 Å². The van der Waals surface area contributed by atoms with E-state index in [1.807, 2.05) is 0 Å². The first kappa shape index (κ1) is 13.3. The molecule has 0 aliphatic carbocycles. The second kappa shape index (κ2) is 4.83. The molecular formula is C12H12F2N2O3. The largest absolute Gasteiger partial charge is 0.478 e. The number of hydrogen-bond donors (Lipinski definition) is 2. The molecule has 1 aliphatic heterocycles. The zero-order valence-corrected chi connectivity index (χ0v) is 9.90. The number of aromatic carboxylic acids is 1. The van der Waals surface area contributed by atoms with Gasteiger partial charge in [0, 0.05) is 6.54 Å². The monoisotopic (exact) mass is 270 g/mol. The maximum absolute atomic E-state index is 13.9. The van der Waals surface area contributed by atoms with Crippen LogP contribution in [0, 0.1) is 11.6 Å². The molecule has 1 saturated heterocycles. The summed E-state index contributed by atoms with van der Waals surface area (Å²) >= 11 is 0. The Balaban J connectivity index is 2.45. The van der Waals surface area contributed by atoms with Gasteiger partial charge in [-0.15, -0.1) is 0 Å². The number of amides is 1. The molecule has 1 atom stereocenters. The number of carboxylic acid groups (broad SMARTS) is 1. The van der Waals surface area contributed by atoms with E-state index in [4.69, 9.17) is 10.8 Å². The van der Waals surface area contributed by atoms with Gasteiger partial charge in [-0.25, -0.2) is 13.6 Å². The Kier molecular flexibility index (Phi) is 3.37. The van der Waals surface area contributed by atoms with E-state index in [2.05, 4.69) is 0 Å². The molecule has 0 spiro atoms. The number of halogens is 2. The molecule has 0 bridgehead atoms. The van der Waals surface area contributed by atoms with Crippen LogP contribution < -0.4 is 10.6 Å². The predicted octanol–water partition coefficient (Wildman–Crippen LogP) is 1.12. The van der Waals surface area contributed by atoms with E-state index < -0.39 is 40.8 Å². The van der Waals surface area contributed by atoms with E-state index in [1.165, 1.54) is 4.90 Å².